The molecule has 1 atom stereocenters. The second-order valence-electron chi connectivity index (χ2n) is 5.58. The Hall–Kier alpha value is -1.22. The minimum Gasteiger partial charge on any atom is -0.473 e. The van der Waals surface area contributed by atoms with Crippen LogP contribution in [0.5, 0.6) is 5.88 Å². The number of pyridine rings is 1. The van der Waals surface area contributed by atoms with E-state index < -0.39 is 10.2 Å². The van der Waals surface area contributed by atoms with Crippen LogP contribution in [0.3, 0.4) is 0 Å². The minimum absolute atomic E-state index is 0.147. The Morgan fingerprint density at radius 3 is 2.68 bits per heavy atom. The molecule has 2 fully saturated rings. The summed E-state index contributed by atoms with van der Waals surface area (Å²) >= 11 is 0. The molecule has 8 heteroatoms. The molecule has 2 saturated heterocycles. The summed E-state index contributed by atoms with van der Waals surface area (Å²) in [6.07, 6.45) is 2.28. The molecule has 0 spiro atoms. The minimum atomic E-state index is -3.41. The number of ether oxygens (including phenoxy) is 2. The van der Waals surface area contributed by atoms with Gasteiger partial charge in [-0.25, -0.2) is 4.98 Å². The van der Waals surface area contributed by atoms with Gasteiger partial charge in [-0.15, -0.1) is 0 Å². The van der Waals surface area contributed by atoms with E-state index in [0.717, 1.165) is 5.56 Å². The van der Waals surface area contributed by atoms with Gasteiger partial charge in [0.2, 0.25) is 5.88 Å². The van der Waals surface area contributed by atoms with Crippen LogP contribution in [0.15, 0.2) is 18.3 Å². The van der Waals surface area contributed by atoms with Crippen molar-refractivity contribution in [2.45, 2.75) is 19.4 Å². The van der Waals surface area contributed by atoms with Crippen LogP contribution >= 0.6 is 0 Å². The Morgan fingerprint density at radius 1 is 1.23 bits per heavy atom. The Kier molecular flexibility index (Phi) is 4.62. The molecule has 0 aromatic carbocycles. The summed E-state index contributed by atoms with van der Waals surface area (Å²) in [5, 5.41) is 0. The maximum atomic E-state index is 12.6. The number of rotatable bonds is 4. The van der Waals surface area contributed by atoms with Gasteiger partial charge in [-0.1, -0.05) is 6.07 Å². The highest BCUT2D eigenvalue weighted by atomic mass is 32.2. The number of hydrogen-bond donors (Lipinski definition) is 0. The molecule has 122 valence electrons. The molecule has 3 rings (SSSR count). The predicted molar refractivity (Wildman–Crippen MR) is 80.9 cm³/mol. The van der Waals surface area contributed by atoms with E-state index in [-0.39, 0.29) is 6.10 Å². The molecule has 0 saturated carbocycles. The van der Waals surface area contributed by atoms with Gasteiger partial charge in [-0.2, -0.15) is 17.0 Å². The van der Waals surface area contributed by atoms with Crippen LogP contribution in [0.25, 0.3) is 0 Å². The summed E-state index contributed by atoms with van der Waals surface area (Å²) in [5.74, 6) is 0.543. The van der Waals surface area contributed by atoms with Crippen molar-refractivity contribution in [2.24, 2.45) is 0 Å². The normalized spacial score (nSPS) is 24.5. The molecular weight excluding hydrogens is 306 g/mol. The molecule has 22 heavy (non-hydrogen) atoms. The Balaban J connectivity index is 1.60. The van der Waals surface area contributed by atoms with Crippen LogP contribution in [-0.4, -0.2) is 67.5 Å². The van der Waals surface area contributed by atoms with Crippen molar-refractivity contribution in [3.05, 3.63) is 23.9 Å². The highest BCUT2D eigenvalue weighted by Gasteiger charge is 2.37. The summed E-state index contributed by atoms with van der Waals surface area (Å²) in [7, 11) is -3.41. The van der Waals surface area contributed by atoms with Gasteiger partial charge in [0.1, 0.15) is 6.10 Å². The standard InChI is InChI=1S/C14H21N3O4S/c1-12-2-3-14(15-10-12)21-13-4-5-17(11-13)22(18,19)16-6-8-20-9-7-16/h2-3,10,13H,4-9,11H2,1H3. The van der Waals surface area contributed by atoms with Crippen LogP contribution in [-0.2, 0) is 14.9 Å². The molecule has 2 aliphatic rings. The molecule has 1 aromatic heterocycles. The lowest BCUT2D eigenvalue weighted by molar-refractivity contribution is 0.0703. The van der Waals surface area contributed by atoms with E-state index in [4.69, 9.17) is 9.47 Å². The third kappa shape index (κ3) is 3.40. The fraction of sp³-hybridized carbons (Fsp3) is 0.643. The van der Waals surface area contributed by atoms with Gasteiger partial charge in [-0.3, -0.25) is 0 Å². The van der Waals surface area contributed by atoms with Crippen LogP contribution in [0.1, 0.15) is 12.0 Å². The second kappa shape index (κ2) is 6.49. The van der Waals surface area contributed by atoms with Crippen molar-refractivity contribution >= 4 is 10.2 Å². The summed E-state index contributed by atoms with van der Waals surface area (Å²) < 4.78 is 39.1. The van der Waals surface area contributed by atoms with Gasteiger partial charge in [0.05, 0.1) is 19.8 Å². The van der Waals surface area contributed by atoms with Crippen molar-refractivity contribution in [1.29, 1.82) is 0 Å². The summed E-state index contributed by atoms with van der Waals surface area (Å²) in [4.78, 5) is 4.20. The number of aryl methyl sites for hydroxylation is 1. The quantitative estimate of drug-likeness (QED) is 0.801. The van der Waals surface area contributed by atoms with Gasteiger partial charge in [-0.05, 0) is 18.9 Å². The topological polar surface area (TPSA) is 72.0 Å². The molecule has 0 bridgehead atoms. The highest BCUT2D eigenvalue weighted by Crippen LogP contribution is 2.21. The first-order chi connectivity index (χ1) is 10.6. The first kappa shape index (κ1) is 15.7. The van der Waals surface area contributed by atoms with Gasteiger partial charge >= 0.3 is 0 Å². The van der Waals surface area contributed by atoms with Crippen molar-refractivity contribution in [3.63, 3.8) is 0 Å². The van der Waals surface area contributed by atoms with Crippen LogP contribution in [0.2, 0.25) is 0 Å². The zero-order valence-corrected chi connectivity index (χ0v) is 13.5. The second-order valence-corrected chi connectivity index (χ2v) is 7.51. The molecule has 1 unspecified atom stereocenters. The number of morpholine rings is 1. The van der Waals surface area contributed by atoms with Crippen molar-refractivity contribution in [3.8, 4) is 5.88 Å². The molecule has 0 aliphatic carbocycles. The smallest absolute Gasteiger partial charge is 0.282 e. The maximum absolute atomic E-state index is 12.6. The van der Waals surface area contributed by atoms with Crippen LogP contribution in [0.4, 0.5) is 0 Å². The maximum Gasteiger partial charge on any atom is 0.282 e. The molecule has 3 heterocycles. The van der Waals surface area contributed by atoms with E-state index in [9.17, 15) is 8.42 Å². The van der Waals surface area contributed by atoms with Crippen molar-refractivity contribution < 1.29 is 17.9 Å². The van der Waals surface area contributed by atoms with Crippen molar-refractivity contribution in [2.75, 3.05) is 39.4 Å². The number of aromatic nitrogens is 1. The van der Waals surface area contributed by atoms with Crippen LogP contribution < -0.4 is 4.74 Å². The molecular formula is C14H21N3O4S. The van der Waals surface area contributed by atoms with Gasteiger partial charge < -0.3 is 9.47 Å². The van der Waals surface area contributed by atoms with E-state index in [2.05, 4.69) is 4.98 Å². The largest absolute Gasteiger partial charge is 0.473 e. The number of hydrogen-bond acceptors (Lipinski definition) is 5. The third-order valence-corrected chi connectivity index (χ3v) is 5.90. The molecule has 0 N–H and O–H groups in total. The molecule has 0 amide bonds. The summed E-state index contributed by atoms with van der Waals surface area (Å²) in [5.41, 5.74) is 1.07. The molecule has 0 radical (unpaired) electrons. The average Bonchev–Trinajstić information content (AvgIpc) is 3.00. The first-order valence-corrected chi connectivity index (χ1v) is 8.88. The zero-order chi connectivity index (χ0) is 15.6. The van der Waals surface area contributed by atoms with E-state index in [1.165, 1.54) is 8.61 Å². The lowest BCUT2D eigenvalue weighted by atomic mass is 10.3. The summed E-state index contributed by atoms with van der Waals surface area (Å²) in [6, 6.07) is 3.74. The Bertz CT molecular complexity index is 599. The SMILES string of the molecule is Cc1ccc(OC2CCN(S(=O)(=O)N3CCOCC3)C2)nc1. The van der Waals surface area contributed by atoms with Crippen molar-refractivity contribution in [1.82, 2.24) is 13.6 Å². The Labute approximate surface area is 131 Å². The predicted octanol–water partition coefficient (Wildman–Crippen LogP) is 0.420. The van der Waals surface area contributed by atoms with Gasteiger partial charge in [0, 0.05) is 31.9 Å². The third-order valence-electron chi connectivity index (χ3n) is 3.90. The molecule has 1 aromatic rings. The lowest BCUT2D eigenvalue weighted by Gasteiger charge is -2.29. The zero-order valence-electron chi connectivity index (χ0n) is 12.6. The van der Waals surface area contributed by atoms with Crippen LogP contribution in [0, 0.1) is 6.92 Å². The lowest BCUT2D eigenvalue weighted by Crippen LogP contribution is -2.48. The fourth-order valence-corrected chi connectivity index (χ4v) is 4.27. The Morgan fingerprint density at radius 2 is 2.00 bits per heavy atom. The molecule has 7 nitrogen and oxygen atoms in total. The van der Waals surface area contributed by atoms with E-state index in [1.54, 1.807) is 6.20 Å². The van der Waals surface area contributed by atoms with E-state index >= 15 is 0 Å². The van der Waals surface area contributed by atoms with E-state index in [1.807, 2.05) is 19.1 Å². The highest BCUT2D eigenvalue weighted by molar-refractivity contribution is 7.86. The monoisotopic (exact) mass is 327 g/mol. The fourth-order valence-electron chi connectivity index (χ4n) is 2.64. The first-order valence-electron chi connectivity index (χ1n) is 7.48. The summed E-state index contributed by atoms with van der Waals surface area (Å²) in [6.45, 7) is 4.57. The molecule has 2 aliphatic heterocycles. The number of nitrogens with zero attached hydrogens (tertiary/aromatic N) is 3. The van der Waals surface area contributed by atoms with Gasteiger partial charge in [0.15, 0.2) is 0 Å². The van der Waals surface area contributed by atoms with E-state index in [0.29, 0.717) is 51.7 Å². The van der Waals surface area contributed by atoms with Gasteiger partial charge in [0.25, 0.3) is 10.2 Å². The average molecular weight is 327 g/mol.